The first-order valence-electron chi connectivity index (χ1n) is 10.1. The normalized spacial score (nSPS) is 11.0. The predicted octanol–water partition coefficient (Wildman–Crippen LogP) is 5.03. The standard InChI is InChI=1S/C24H23FN4O2S/c1-15-8-10-20(19(25)12-15)26-23(30)14-32-24-28-27-22(29(24)3)13-31-21-11-9-17-6-4-5-7-18(17)16(21)2/h4-12H,13-14H2,1-3H3,(H,26,30). The number of aromatic nitrogens is 3. The van der Waals surface area contributed by atoms with Crippen molar-refractivity contribution in [1.29, 1.82) is 0 Å². The number of nitrogens with zero attached hydrogens (tertiary/aromatic N) is 3. The van der Waals surface area contributed by atoms with E-state index in [2.05, 4.69) is 27.6 Å². The van der Waals surface area contributed by atoms with Crippen LogP contribution in [-0.4, -0.2) is 26.4 Å². The summed E-state index contributed by atoms with van der Waals surface area (Å²) >= 11 is 1.23. The maximum Gasteiger partial charge on any atom is 0.234 e. The van der Waals surface area contributed by atoms with Gasteiger partial charge in [0.25, 0.3) is 0 Å². The highest BCUT2D eigenvalue weighted by molar-refractivity contribution is 7.99. The Kier molecular flexibility index (Phi) is 6.41. The van der Waals surface area contributed by atoms with E-state index in [4.69, 9.17) is 4.74 Å². The van der Waals surface area contributed by atoms with E-state index in [-0.39, 0.29) is 24.0 Å². The first kappa shape index (κ1) is 21.8. The molecule has 0 aliphatic rings. The largest absolute Gasteiger partial charge is 0.485 e. The summed E-state index contributed by atoms with van der Waals surface area (Å²) in [6.07, 6.45) is 0. The first-order chi connectivity index (χ1) is 15.4. The number of carbonyl (C=O) groups is 1. The number of rotatable bonds is 7. The van der Waals surface area contributed by atoms with Crippen molar-refractivity contribution >= 4 is 34.1 Å². The maximum atomic E-state index is 13.9. The molecule has 1 heterocycles. The summed E-state index contributed by atoms with van der Waals surface area (Å²) in [6.45, 7) is 4.08. The molecule has 8 heteroatoms. The highest BCUT2D eigenvalue weighted by atomic mass is 32.2. The van der Waals surface area contributed by atoms with Crippen LogP contribution in [0.15, 0.2) is 59.8 Å². The number of hydrogen-bond acceptors (Lipinski definition) is 5. The average molecular weight is 451 g/mol. The molecule has 1 N–H and O–H groups in total. The van der Waals surface area contributed by atoms with Crippen LogP contribution in [0.4, 0.5) is 10.1 Å². The van der Waals surface area contributed by atoms with Gasteiger partial charge in [-0.15, -0.1) is 10.2 Å². The zero-order valence-corrected chi connectivity index (χ0v) is 18.9. The van der Waals surface area contributed by atoms with Crippen molar-refractivity contribution in [2.45, 2.75) is 25.6 Å². The summed E-state index contributed by atoms with van der Waals surface area (Å²) in [5.74, 6) is 0.755. The zero-order valence-electron chi connectivity index (χ0n) is 18.1. The number of carbonyl (C=O) groups excluding carboxylic acids is 1. The molecule has 0 atom stereocenters. The van der Waals surface area contributed by atoms with E-state index in [1.54, 1.807) is 23.6 Å². The van der Waals surface area contributed by atoms with Gasteiger partial charge >= 0.3 is 0 Å². The molecule has 6 nitrogen and oxygen atoms in total. The van der Waals surface area contributed by atoms with Crippen molar-refractivity contribution in [3.8, 4) is 5.75 Å². The summed E-state index contributed by atoms with van der Waals surface area (Å²) in [5, 5.41) is 13.8. The number of fused-ring (bicyclic) bond motifs is 1. The number of amides is 1. The Balaban J connectivity index is 1.36. The Bertz CT molecular complexity index is 1290. The first-order valence-corrected chi connectivity index (χ1v) is 11.1. The van der Waals surface area contributed by atoms with Crippen LogP contribution in [0, 0.1) is 19.7 Å². The van der Waals surface area contributed by atoms with Crippen LogP contribution in [0.25, 0.3) is 10.8 Å². The Morgan fingerprint density at radius 3 is 2.75 bits per heavy atom. The van der Waals surface area contributed by atoms with Crippen molar-refractivity contribution in [3.05, 3.63) is 77.4 Å². The minimum Gasteiger partial charge on any atom is -0.485 e. The molecule has 0 radical (unpaired) electrons. The number of anilines is 1. The number of aryl methyl sites for hydroxylation is 2. The third kappa shape index (κ3) is 4.75. The monoisotopic (exact) mass is 450 g/mol. The molecule has 0 aliphatic heterocycles. The van der Waals surface area contributed by atoms with Gasteiger partial charge in [-0.1, -0.05) is 48.2 Å². The molecular formula is C24H23FN4O2S. The summed E-state index contributed by atoms with van der Waals surface area (Å²) in [5.41, 5.74) is 2.03. The lowest BCUT2D eigenvalue weighted by atomic mass is 10.0. The van der Waals surface area contributed by atoms with E-state index in [9.17, 15) is 9.18 Å². The Morgan fingerprint density at radius 1 is 1.12 bits per heavy atom. The SMILES string of the molecule is Cc1ccc(NC(=O)CSc2nnc(COc3ccc4ccccc4c3C)n2C)c(F)c1. The van der Waals surface area contributed by atoms with E-state index >= 15 is 0 Å². The smallest absolute Gasteiger partial charge is 0.234 e. The summed E-state index contributed by atoms with van der Waals surface area (Å²) in [6, 6.07) is 16.8. The van der Waals surface area contributed by atoms with Crippen LogP contribution in [0.3, 0.4) is 0 Å². The minimum atomic E-state index is -0.453. The van der Waals surface area contributed by atoms with E-state index in [1.807, 2.05) is 38.2 Å². The molecule has 4 rings (SSSR count). The molecule has 3 aromatic carbocycles. The molecule has 0 saturated heterocycles. The summed E-state index contributed by atoms with van der Waals surface area (Å²) < 4.78 is 21.7. The van der Waals surface area contributed by atoms with Crippen LogP contribution in [0.1, 0.15) is 17.0 Å². The van der Waals surface area contributed by atoms with Gasteiger partial charge in [-0.05, 0) is 53.9 Å². The third-order valence-electron chi connectivity index (χ3n) is 5.16. The molecule has 164 valence electrons. The average Bonchev–Trinajstić information content (AvgIpc) is 3.13. The third-order valence-corrected chi connectivity index (χ3v) is 6.18. The number of ether oxygens (including phenoxy) is 1. The van der Waals surface area contributed by atoms with Gasteiger partial charge in [-0.25, -0.2) is 4.39 Å². The quantitative estimate of drug-likeness (QED) is 0.400. The lowest BCUT2D eigenvalue weighted by molar-refractivity contribution is -0.113. The lowest BCUT2D eigenvalue weighted by Gasteiger charge is -2.11. The van der Waals surface area contributed by atoms with Gasteiger partial charge in [0.1, 0.15) is 18.2 Å². The predicted molar refractivity (Wildman–Crippen MR) is 125 cm³/mol. The second kappa shape index (κ2) is 9.40. The van der Waals surface area contributed by atoms with Crippen LogP contribution >= 0.6 is 11.8 Å². The molecular weight excluding hydrogens is 427 g/mol. The highest BCUT2D eigenvalue weighted by Crippen LogP contribution is 2.28. The molecule has 0 spiro atoms. The molecule has 32 heavy (non-hydrogen) atoms. The fourth-order valence-electron chi connectivity index (χ4n) is 3.34. The second-order valence-corrected chi connectivity index (χ2v) is 8.42. The summed E-state index contributed by atoms with van der Waals surface area (Å²) in [4.78, 5) is 12.2. The van der Waals surface area contributed by atoms with E-state index in [0.29, 0.717) is 11.0 Å². The van der Waals surface area contributed by atoms with Gasteiger partial charge in [0.15, 0.2) is 11.0 Å². The van der Waals surface area contributed by atoms with Crippen LogP contribution in [0.5, 0.6) is 5.75 Å². The second-order valence-electron chi connectivity index (χ2n) is 7.48. The molecule has 0 fully saturated rings. The van der Waals surface area contributed by atoms with Crippen molar-refractivity contribution < 1.29 is 13.9 Å². The molecule has 1 amide bonds. The Morgan fingerprint density at radius 2 is 1.94 bits per heavy atom. The summed E-state index contributed by atoms with van der Waals surface area (Å²) in [7, 11) is 1.83. The Labute approximate surface area is 189 Å². The van der Waals surface area contributed by atoms with Crippen molar-refractivity contribution in [2.75, 3.05) is 11.1 Å². The minimum absolute atomic E-state index is 0.0872. The zero-order chi connectivity index (χ0) is 22.7. The number of hydrogen-bond donors (Lipinski definition) is 1. The van der Waals surface area contributed by atoms with Crippen LogP contribution < -0.4 is 10.1 Å². The van der Waals surface area contributed by atoms with E-state index in [1.165, 1.54) is 23.2 Å². The van der Waals surface area contributed by atoms with Crippen LogP contribution in [-0.2, 0) is 18.4 Å². The van der Waals surface area contributed by atoms with E-state index < -0.39 is 5.82 Å². The van der Waals surface area contributed by atoms with Crippen LogP contribution in [0.2, 0.25) is 0 Å². The molecule has 0 aliphatic carbocycles. The number of benzene rings is 3. The highest BCUT2D eigenvalue weighted by Gasteiger charge is 2.14. The van der Waals surface area contributed by atoms with Gasteiger partial charge < -0.3 is 14.6 Å². The fraction of sp³-hybridized carbons (Fsp3) is 0.208. The van der Waals surface area contributed by atoms with Crippen molar-refractivity contribution in [2.24, 2.45) is 7.05 Å². The molecule has 1 aromatic heterocycles. The Hall–Kier alpha value is -3.39. The molecule has 0 unspecified atom stereocenters. The lowest BCUT2D eigenvalue weighted by Crippen LogP contribution is -2.15. The molecule has 0 bridgehead atoms. The van der Waals surface area contributed by atoms with Gasteiger partial charge in [0.05, 0.1) is 11.4 Å². The van der Waals surface area contributed by atoms with Gasteiger partial charge in [-0.3, -0.25) is 4.79 Å². The number of nitrogens with one attached hydrogen (secondary N) is 1. The van der Waals surface area contributed by atoms with Gasteiger partial charge in [0.2, 0.25) is 5.91 Å². The van der Waals surface area contributed by atoms with Crippen molar-refractivity contribution in [3.63, 3.8) is 0 Å². The maximum absolute atomic E-state index is 13.9. The molecule has 4 aromatic rings. The number of thioether (sulfide) groups is 1. The molecule has 0 saturated carbocycles. The van der Waals surface area contributed by atoms with E-state index in [0.717, 1.165) is 22.3 Å². The van der Waals surface area contributed by atoms with Gasteiger partial charge in [-0.2, -0.15) is 0 Å². The van der Waals surface area contributed by atoms with Crippen molar-refractivity contribution in [1.82, 2.24) is 14.8 Å². The van der Waals surface area contributed by atoms with Gasteiger partial charge in [0, 0.05) is 7.05 Å². The number of halogens is 1. The fourth-order valence-corrected chi connectivity index (χ4v) is 4.07. The topological polar surface area (TPSA) is 69.0 Å².